The Morgan fingerprint density at radius 1 is 1.30 bits per heavy atom. The molecule has 1 aromatic carbocycles. The van der Waals surface area contributed by atoms with Crippen molar-refractivity contribution in [2.75, 3.05) is 12.3 Å². The van der Waals surface area contributed by atoms with Crippen LogP contribution in [0.15, 0.2) is 40.7 Å². The highest BCUT2D eigenvalue weighted by Gasteiger charge is 2.35. The lowest BCUT2D eigenvalue weighted by molar-refractivity contribution is -0.124. The van der Waals surface area contributed by atoms with E-state index in [9.17, 15) is 27.2 Å². The molecule has 0 bridgehead atoms. The summed E-state index contributed by atoms with van der Waals surface area (Å²) in [6.45, 7) is -0.111. The Morgan fingerprint density at radius 3 is 2.63 bits per heavy atom. The molecule has 1 fully saturated rings. The van der Waals surface area contributed by atoms with Gasteiger partial charge in [0.15, 0.2) is 9.84 Å². The quantitative estimate of drug-likeness (QED) is 0.742. The van der Waals surface area contributed by atoms with E-state index in [2.05, 4.69) is 5.32 Å². The summed E-state index contributed by atoms with van der Waals surface area (Å²) < 4.78 is 35.6. The molecule has 2 aliphatic rings. The lowest BCUT2D eigenvalue weighted by atomic mass is 10.2. The first-order valence-electron chi connectivity index (χ1n) is 7.95. The monoisotopic (exact) mass is 410 g/mol. The van der Waals surface area contributed by atoms with E-state index in [0.717, 1.165) is 22.1 Å². The number of imide groups is 1. The molecule has 2 aliphatic heterocycles. The van der Waals surface area contributed by atoms with E-state index in [1.807, 2.05) is 0 Å². The number of nitrogens with zero attached hydrogens (tertiary/aromatic N) is 1. The number of carbonyl (C=O) groups excluding carboxylic acids is 3. The zero-order valence-corrected chi connectivity index (χ0v) is 15.6. The van der Waals surface area contributed by atoms with Gasteiger partial charge in [-0.2, -0.15) is 0 Å². The second-order valence-electron chi connectivity index (χ2n) is 5.97. The zero-order valence-electron chi connectivity index (χ0n) is 13.9. The Bertz CT molecular complexity index is 954. The highest BCUT2D eigenvalue weighted by Crippen LogP contribution is 2.32. The van der Waals surface area contributed by atoms with Crippen LogP contribution in [0.1, 0.15) is 12.0 Å². The lowest BCUT2D eigenvalue weighted by Crippen LogP contribution is -2.38. The summed E-state index contributed by atoms with van der Waals surface area (Å²) in [5.41, 5.74) is 0.578. The molecule has 1 aromatic rings. The Balaban J connectivity index is 1.57. The third-order valence-corrected chi connectivity index (χ3v) is 6.18. The Morgan fingerprint density at radius 2 is 2.00 bits per heavy atom. The summed E-state index contributed by atoms with van der Waals surface area (Å²) >= 11 is 0.748. The van der Waals surface area contributed by atoms with E-state index < -0.39 is 38.7 Å². The van der Waals surface area contributed by atoms with Crippen LogP contribution in [-0.2, 0) is 19.4 Å². The molecule has 1 N–H and O–H groups in total. The molecule has 142 valence electrons. The molecule has 3 amide bonds. The minimum atomic E-state index is -3.28. The average molecular weight is 410 g/mol. The smallest absolute Gasteiger partial charge is 0.293 e. The van der Waals surface area contributed by atoms with Gasteiger partial charge in [0.25, 0.3) is 11.1 Å². The Labute approximate surface area is 159 Å². The SMILES string of the molecule is O=C(CCN1C(=O)S/C(=C/c2ccc(F)cc2)C1=O)N[C@@H]1C=CS(=O)(=O)C1. The van der Waals surface area contributed by atoms with Crippen LogP contribution in [0, 0.1) is 5.82 Å². The molecule has 0 saturated carbocycles. The maximum atomic E-state index is 12.9. The van der Waals surface area contributed by atoms with Gasteiger partial charge in [-0.3, -0.25) is 19.3 Å². The molecule has 3 rings (SSSR count). The molecular weight excluding hydrogens is 395 g/mol. The number of halogens is 1. The van der Waals surface area contributed by atoms with Gasteiger partial charge in [0, 0.05) is 18.4 Å². The Hall–Kier alpha value is -2.46. The van der Waals surface area contributed by atoms with Crippen LogP contribution in [-0.4, -0.2) is 48.7 Å². The number of amides is 3. The van der Waals surface area contributed by atoms with E-state index in [-0.39, 0.29) is 23.6 Å². The van der Waals surface area contributed by atoms with Crippen molar-refractivity contribution in [1.82, 2.24) is 10.2 Å². The molecule has 0 radical (unpaired) electrons. The fourth-order valence-corrected chi connectivity index (χ4v) is 4.66. The minimum Gasteiger partial charge on any atom is -0.349 e. The fourth-order valence-electron chi connectivity index (χ4n) is 2.56. The summed E-state index contributed by atoms with van der Waals surface area (Å²) in [5.74, 6) is -1.58. The second kappa shape index (κ2) is 7.65. The third-order valence-electron chi connectivity index (χ3n) is 3.88. The number of carbonyl (C=O) groups is 3. The van der Waals surface area contributed by atoms with Gasteiger partial charge < -0.3 is 5.32 Å². The van der Waals surface area contributed by atoms with Crippen LogP contribution < -0.4 is 5.32 Å². The van der Waals surface area contributed by atoms with Crippen molar-refractivity contribution in [2.45, 2.75) is 12.5 Å². The number of hydrogen-bond acceptors (Lipinski definition) is 6. The number of sulfone groups is 1. The molecule has 2 heterocycles. The number of rotatable bonds is 5. The molecule has 0 aliphatic carbocycles. The average Bonchev–Trinajstić information content (AvgIpc) is 3.07. The molecular formula is C17H15FN2O5S2. The van der Waals surface area contributed by atoms with Crippen molar-refractivity contribution < 1.29 is 27.2 Å². The Kier molecular flexibility index (Phi) is 5.47. The van der Waals surface area contributed by atoms with Gasteiger partial charge in [-0.1, -0.05) is 12.1 Å². The molecule has 0 spiro atoms. The van der Waals surface area contributed by atoms with Crippen LogP contribution in [0.3, 0.4) is 0 Å². The van der Waals surface area contributed by atoms with Crippen molar-refractivity contribution in [3.05, 3.63) is 52.0 Å². The van der Waals surface area contributed by atoms with Gasteiger partial charge in [0.05, 0.1) is 16.7 Å². The molecule has 7 nitrogen and oxygen atoms in total. The molecule has 10 heteroatoms. The van der Waals surface area contributed by atoms with Crippen LogP contribution >= 0.6 is 11.8 Å². The van der Waals surface area contributed by atoms with Crippen molar-refractivity contribution in [3.63, 3.8) is 0 Å². The second-order valence-corrected chi connectivity index (χ2v) is 8.89. The molecule has 27 heavy (non-hydrogen) atoms. The molecule has 1 saturated heterocycles. The normalized spacial score (nSPS) is 22.6. The van der Waals surface area contributed by atoms with Gasteiger partial charge in [-0.15, -0.1) is 0 Å². The van der Waals surface area contributed by atoms with E-state index in [1.165, 1.54) is 36.4 Å². The summed E-state index contributed by atoms with van der Waals surface area (Å²) in [4.78, 5) is 37.5. The first-order valence-corrected chi connectivity index (χ1v) is 10.5. The summed E-state index contributed by atoms with van der Waals surface area (Å²) in [6, 6.07) is 4.87. The van der Waals surface area contributed by atoms with Gasteiger partial charge in [0.1, 0.15) is 5.82 Å². The lowest BCUT2D eigenvalue weighted by Gasteiger charge is -2.14. The number of benzene rings is 1. The van der Waals surface area contributed by atoms with Crippen molar-refractivity contribution in [1.29, 1.82) is 0 Å². The number of hydrogen-bond donors (Lipinski definition) is 1. The highest BCUT2D eigenvalue weighted by molar-refractivity contribution is 8.18. The fraction of sp³-hybridized carbons (Fsp3) is 0.235. The summed E-state index contributed by atoms with van der Waals surface area (Å²) in [7, 11) is -3.28. The van der Waals surface area contributed by atoms with Gasteiger partial charge >= 0.3 is 0 Å². The molecule has 0 aromatic heterocycles. The zero-order chi connectivity index (χ0) is 19.6. The maximum absolute atomic E-state index is 12.9. The van der Waals surface area contributed by atoms with Crippen LogP contribution in [0.25, 0.3) is 6.08 Å². The van der Waals surface area contributed by atoms with Crippen LogP contribution in [0.4, 0.5) is 9.18 Å². The molecule has 0 unspecified atom stereocenters. The van der Waals surface area contributed by atoms with Crippen LogP contribution in [0.2, 0.25) is 0 Å². The first-order chi connectivity index (χ1) is 12.7. The van der Waals surface area contributed by atoms with E-state index in [1.54, 1.807) is 0 Å². The number of nitrogens with one attached hydrogen (secondary N) is 1. The first kappa shape index (κ1) is 19.3. The third kappa shape index (κ3) is 4.83. The predicted octanol–water partition coefficient (Wildman–Crippen LogP) is 1.68. The molecule has 1 atom stereocenters. The van der Waals surface area contributed by atoms with Crippen LogP contribution in [0.5, 0.6) is 0 Å². The number of thioether (sulfide) groups is 1. The van der Waals surface area contributed by atoms with Gasteiger partial charge in [-0.25, -0.2) is 12.8 Å². The van der Waals surface area contributed by atoms with Crippen molar-refractivity contribution >= 4 is 44.7 Å². The van der Waals surface area contributed by atoms with E-state index >= 15 is 0 Å². The van der Waals surface area contributed by atoms with E-state index in [4.69, 9.17) is 0 Å². The van der Waals surface area contributed by atoms with Crippen molar-refractivity contribution in [3.8, 4) is 0 Å². The van der Waals surface area contributed by atoms with E-state index in [0.29, 0.717) is 5.56 Å². The highest BCUT2D eigenvalue weighted by atomic mass is 32.2. The van der Waals surface area contributed by atoms with Crippen molar-refractivity contribution in [2.24, 2.45) is 0 Å². The maximum Gasteiger partial charge on any atom is 0.293 e. The predicted molar refractivity (Wildman–Crippen MR) is 98.6 cm³/mol. The standard InChI is InChI=1S/C17H15FN2O5S2/c18-12-3-1-11(2-4-12)9-14-16(22)20(17(23)26-14)7-5-15(21)19-13-6-8-27(24,25)10-13/h1-4,6,8-9,13H,5,7,10H2,(H,19,21)/b14-9+/t13-/m1/s1. The minimum absolute atomic E-state index is 0.111. The largest absolute Gasteiger partial charge is 0.349 e. The topological polar surface area (TPSA) is 101 Å². The summed E-state index contributed by atoms with van der Waals surface area (Å²) in [5, 5.41) is 3.09. The summed E-state index contributed by atoms with van der Waals surface area (Å²) in [6.07, 6.45) is 2.74. The van der Waals surface area contributed by atoms with Gasteiger partial charge in [0.2, 0.25) is 5.91 Å². The van der Waals surface area contributed by atoms with Gasteiger partial charge in [-0.05, 0) is 41.6 Å².